The number of nitrogens with one attached hydrogen (secondary N) is 1. The fourth-order valence-electron chi connectivity index (χ4n) is 3.38. The van der Waals surface area contributed by atoms with Crippen LogP contribution in [0.4, 0.5) is 5.69 Å². The lowest BCUT2D eigenvalue weighted by Gasteiger charge is -2.14. The van der Waals surface area contributed by atoms with Crippen molar-refractivity contribution in [3.63, 3.8) is 0 Å². The van der Waals surface area contributed by atoms with Gasteiger partial charge in [-0.2, -0.15) is 0 Å². The number of esters is 1. The molecule has 27 heavy (non-hydrogen) atoms. The quantitative estimate of drug-likeness (QED) is 0.672. The molecule has 2 heterocycles. The summed E-state index contributed by atoms with van der Waals surface area (Å²) in [6.45, 7) is 2.05. The molecule has 1 aliphatic carbocycles. The van der Waals surface area contributed by atoms with Crippen LogP contribution in [0.3, 0.4) is 0 Å². The Morgan fingerprint density at radius 2 is 1.96 bits per heavy atom. The van der Waals surface area contributed by atoms with Gasteiger partial charge in [0.05, 0.1) is 12.3 Å². The number of amides is 1. The van der Waals surface area contributed by atoms with Crippen molar-refractivity contribution in [3.8, 4) is 0 Å². The molecule has 6 heteroatoms. The molecule has 5 nitrogen and oxygen atoms in total. The number of anilines is 1. The van der Waals surface area contributed by atoms with Gasteiger partial charge in [0.25, 0.3) is 5.91 Å². The van der Waals surface area contributed by atoms with Crippen molar-refractivity contribution in [3.05, 3.63) is 58.1 Å². The number of aromatic nitrogens is 1. The summed E-state index contributed by atoms with van der Waals surface area (Å²) in [4.78, 5) is 31.1. The maximum Gasteiger partial charge on any atom is 0.350 e. The Hall–Kier alpha value is -2.73. The highest BCUT2D eigenvalue weighted by atomic mass is 32.1. The van der Waals surface area contributed by atoms with Gasteiger partial charge in [0.2, 0.25) is 0 Å². The van der Waals surface area contributed by atoms with Crippen LogP contribution in [0.25, 0.3) is 10.2 Å². The molecule has 1 aromatic carbocycles. The van der Waals surface area contributed by atoms with E-state index in [0.717, 1.165) is 41.6 Å². The normalized spacial score (nSPS) is 13.2. The second kappa shape index (κ2) is 7.48. The van der Waals surface area contributed by atoms with Crippen LogP contribution in [-0.4, -0.2) is 23.5 Å². The Balaban J connectivity index is 1.81. The molecule has 0 bridgehead atoms. The third-order valence-electron chi connectivity index (χ3n) is 4.70. The Morgan fingerprint density at radius 1 is 1.19 bits per heavy atom. The number of pyridine rings is 1. The van der Waals surface area contributed by atoms with Crippen LogP contribution >= 0.6 is 11.3 Å². The van der Waals surface area contributed by atoms with Crippen LogP contribution in [0.15, 0.2) is 36.4 Å². The van der Waals surface area contributed by atoms with E-state index >= 15 is 0 Å². The summed E-state index contributed by atoms with van der Waals surface area (Å²) in [5.74, 6) is -0.680. The summed E-state index contributed by atoms with van der Waals surface area (Å²) in [6, 6.07) is 11.0. The highest BCUT2D eigenvalue weighted by Gasteiger charge is 2.24. The van der Waals surface area contributed by atoms with Crippen molar-refractivity contribution >= 4 is 39.1 Å². The summed E-state index contributed by atoms with van der Waals surface area (Å²) in [6.07, 6.45) is 4.22. The van der Waals surface area contributed by atoms with Crippen LogP contribution in [0, 0.1) is 0 Å². The minimum atomic E-state index is -0.429. The summed E-state index contributed by atoms with van der Waals surface area (Å²) in [7, 11) is 0. The predicted octanol–water partition coefficient (Wildman–Crippen LogP) is 4.60. The van der Waals surface area contributed by atoms with E-state index in [1.807, 2.05) is 18.2 Å². The maximum absolute atomic E-state index is 12.7. The van der Waals surface area contributed by atoms with Crippen molar-refractivity contribution in [2.75, 3.05) is 11.9 Å². The van der Waals surface area contributed by atoms with Gasteiger partial charge in [-0.05, 0) is 56.4 Å². The molecule has 0 saturated carbocycles. The smallest absolute Gasteiger partial charge is 0.350 e. The van der Waals surface area contributed by atoms with Gasteiger partial charge in [0.15, 0.2) is 0 Å². The molecule has 2 aromatic heterocycles. The first-order valence-corrected chi connectivity index (χ1v) is 9.98. The van der Waals surface area contributed by atoms with Gasteiger partial charge in [-0.1, -0.05) is 18.2 Å². The van der Waals surface area contributed by atoms with Crippen LogP contribution in [0.5, 0.6) is 0 Å². The maximum atomic E-state index is 12.7. The standard InChI is InChI=1S/C21H20N2O3S/c1-2-26-21(25)18-17(23-19(24)13-8-4-3-5-9-13)15-12-14-10-6-7-11-16(14)22-20(15)27-18/h3-5,8-9,12H,2,6-7,10-11H2,1H3,(H,23,24). The van der Waals surface area contributed by atoms with Gasteiger partial charge < -0.3 is 10.1 Å². The Kier molecular flexibility index (Phi) is 4.90. The number of carbonyl (C=O) groups is 2. The van der Waals surface area contributed by atoms with E-state index in [-0.39, 0.29) is 12.5 Å². The molecule has 3 aromatic rings. The van der Waals surface area contributed by atoms with Crippen LogP contribution in [0.2, 0.25) is 0 Å². The fraction of sp³-hybridized carbons (Fsp3) is 0.286. The van der Waals surface area contributed by atoms with Gasteiger partial charge in [0, 0.05) is 16.6 Å². The average molecular weight is 380 g/mol. The molecule has 1 aliphatic rings. The molecular weight excluding hydrogens is 360 g/mol. The second-order valence-electron chi connectivity index (χ2n) is 6.50. The van der Waals surface area contributed by atoms with Crippen molar-refractivity contribution in [2.45, 2.75) is 32.6 Å². The number of carbonyl (C=O) groups excluding carboxylic acids is 2. The Labute approximate surface area is 161 Å². The van der Waals surface area contributed by atoms with E-state index < -0.39 is 5.97 Å². The third kappa shape index (κ3) is 3.45. The van der Waals surface area contributed by atoms with Gasteiger partial charge >= 0.3 is 5.97 Å². The predicted molar refractivity (Wildman–Crippen MR) is 107 cm³/mol. The molecule has 0 spiro atoms. The highest BCUT2D eigenvalue weighted by molar-refractivity contribution is 7.21. The first-order chi connectivity index (χ1) is 13.2. The zero-order chi connectivity index (χ0) is 18.8. The first kappa shape index (κ1) is 17.7. The second-order valence-corrected chi connectivity index (χ2v) is 7.50. The summed E-state index contributed by atoms with van der Waals surface area (Å²) in [5, 5.41) is 3.74. The number of benzene rings is 1. The fourth-order valence-corrected chi connectivity index (χ4v) is 4.41. The molecule has 0 unspecified atom stereocenters. The van der Waals surface area contributed by atoms with Gasteiger partial charge in [-0.25, -0.2) is 9.78 Å². The topological polar surface area (TPSA) is 68.3 Å². The van der Waals surface area contributed by atoms with Gasteiger partial charge in [0.1, 0.15) is 9.71 Å². The SMILES string of the molecule is CCOC(=O)c1sc2nc3c(cc2c1NC(=O)c1ccccc1)CCCC3. The lowest BCUT2D eigenvalue weighted by atomic mass is 9.95. The number of hydrogen-bond acceptors (Lipinski definition) is 5. The number of rotatable bonds is 4. The zero-order valence-corrected chi connectivity index (χ0v) is 15.9. The van der Waals surface area contributed by atoms with E-state index in [2.05, 4.69) is 11.4 Å². The average Bonchev–Trinajstić information content (AvgIpc) is 3.04. The molecule has 4 rings (SSSR count). The molecule has 138 valence electrons. The summed E-state index contributed by atoms with van der Waals surface area (Å²) < 4.78 is 5.20. The molecule has 0 saturated heterocycles. The van der Waals surface area contributed by atoms with Gasteiger partial charge in [-0.15, -0.1) is 11.3 Å². The first-order valence-electron chi connectivity index (χ1n) is 9.16. The van der Waals surface area contributed by atoms with E-state index in [0.29, 0.717) is 16.1 Å². The van der Waals surface area contributed by atoms with Crippen molar-refractivity contribution < 1.29 is 14.3 Å². The number of ether oxygens (including phenoxy) is 1. The zero-order valence-electron chi connectivity index (χ0n) is 15.1. The number of nitrogens with zero attached hydrogens (tertiary/aromatic N) is 1. The molecule has 0 atom stereocenters. The lowest BCUT2D eigenvalue weighted by Crippen LogP contribution is -2.14. The van der Waals surface area contributed by atoms with Crippen LogP contribution < -0.4 is 5.32 Å². The van der Waals surface area contributed by atoms with Gasteiger partial charge in [-0.3, -0.25) is 4.79 Å². The summed E-state index contributed by atoms with van der Waals surface area (Å²) >= 11 is 1.28. The monoisotopic (exact) mass is 380 g/mol. The molecular formula is C21H20N2O3S. The number of hydrogen-bond donors (Lipinski definition) is 1. The van der Waals surface area contributed by atoms with E-state index in [4.69, 9.17) is 9.72 Å². The van der Waals surface area contributed by atoms with Crippen molar-refractivity contribution in [1.29, 1.82) is 0 Å². The molecule has 0 aliphatic heterocycles. The van der Waals surface area contributed by atoms with Crippen molar-refractivity contribution in [1.82, 2.24) is 4.98 Å². The van der Waals surface area contributed by atoms with Crippen molar-refractivity contribution in [2.24, 2.45) is 0 Å². The minimum Gasteiger partial charge on any atom is -0.462 e. The minimum absolute atomic E-state index is 0.251. The third-order valence-corrected chi connectivity index (χ3v) is 5.78. The molecule has 0 radical (unpaired) electrons. The van der Waals surface area contributed by atoms with E-state index in [1.54, 1.807) is 19.1 Å². The number of thiophene rings is 1. The lowest BCUT2D eigenvalue weighted by molar-refractivity contribution is 0.0533. The van der Waals surface area contributed by atoms with Crippen LogP contribution in [0.1, 0.15) is 51.1 Å². The number of aryl methyl sites for hydroxylation is 2. The Morgan fingerprint density at radius 3 is 2.74 bits per heavy atom. The molecule has 0 fully saturated rings. The number of fused-ring (bicyclic) bond motifs is 2. The largest absolute Gasteiger partial charge is 0.462 e. The highest BCUT2D eigenvalue weighted by Crippen LogP contribution is 2.38. The van der Waals surface area contributed by atoms with E-state index in [9.17, 15) is 9.59 Å². The molecule has 1 amide bonds. The Bertz CT molecular complexity index is 1010. The van der Waals surface area contributed by atoms with Crippen LogP contribution in [-0.2, 0) is 17.6 Å². The molecule has 1 N–H and O–H groups in total. The van der Waals surface area contributed by atoms with E-state index in [1.165, 1.54) is 16.9 Å². The summed E-state index contributed by atoms with van der Waals surface area (Å²) in [5.41, 5.74) is 3.35.